The fourth-order valence-electron chi connectivity index (χ4n) is 2.46. The molecule has 0 aromatic heterocycles. The number of hydrogen-bond donors (Lipinski definition) is 1. The van der Waals surface area contributed by atoms with Crippen LogP contribution in [0.15, 0.2) is 18.2 Å². The van der Waals surface area contributed by atoms with Crippen LogP contribution in [-0.4, -0.2) is 24.7 Å². The van der Waals surface area contributed by atoms with Crippen LogP contribution >= 0.6 is 0 Å². The number of aryl methyl sites for hydroxylation is 1. The third kappa shape index (κ3) is 2.44. The maximum absolute atomic E-state index is 14.0. The smallest absolute Gasteiger partial charge is 0.146 e. The van der Waals surface area contributed by atoms with Gasteiger partial charge in [-0.25, -0.2) is 4.39 Å². The van der Waals surface area contributed by atoms with E-state index in [-0.39, 0.29) is 11.4 Å². The molecule has 1 N–H and O–H groups in total. The summed E-state index contributed by atoms with van der Waals surface area (Å²) in [6.07, 6.45) is 0. The SMILES string of the molecule is Cc1cccc(F)c1N1CC(C)(C)NCC1C. The van der Waals surface area contributed by atoms with Crippen LogP contribution in [0.5, 0.6) is 0 Å². The van der Waals surface area contributed by atoms with E-state index in [1.165, 1.54) is 0 Å². The van der Waals surface area contributed by atoms with E-state index in [2.05, 4.69) is 31.0 Å². The predicted octanol–water partition coefficient (Wildman–Crippen LogP) is 2.71. The Morgan fingerprint density at radius 1 is 1.41 bits per heavy atom. The Balaban J connectivity index is 2.37. The lowest BCUT2D eigenvalue weighted by molar-refractivity contribution is 0.316. The molecule has 0 radical (unpaired) electrons. The molecule has 2 nitrogen and oxygen atoms in total. The minimum absolute atomic E-state index is 0.0290. The first-order valence-corrected chi connectivity index (χ1v) is 6.17. The first-order chi connectivity index (χ1) is 7.91. The Kier molecular flexibility index (Phi) is 3.13. The Morgan fingerprint density at radius 2 is 2.12 bits per heavy atom. The molecule has 0 bridgehead atoms. The zero-order chi connectivity index (χ0) is 12.6. The van der Waals surface area contributed by atoms with Gasteiger partial charge in [0.25, 0.3) is 0 Å². The summed E-state index contributed by atoms with van der Waals surface area (Å²) in [4.78, 5) is 2.18. The van der Waals surface area contributed by atoms with Crippen molar-refractivity contribution in [2.45, 2.75) is 39.3 Å². The van der Waals surface area contributed by atoms with Gasteiger partial charge >= 0.3 is 0 Å². The van der Waals surface area contributed by atoms with Crippen molar-refractivity contribution in [1.29, 1.82) is 0 Å². The van der Waals surface area contributed by atoms with Crippen molar-refractivity contribution in [3.8, 4) is 0 Å². The molecule has 1 fully saturated rings. The summed E-state index contributed by atoms with van der Waals surface area (Å²) in [7, 11) is 0. The molecule has 1 aliphatic heterocycles. The topological polar surface area (TPSA) is 15.3 Å². The van der Waals surface area contributed by atoms with Gasteiger partial charge in [-0.05, 0) is 39.3 Å². The molecular weight excluding hydrogens is 215 g/mol. The molecule has 1 saturated heterocycles. The lowest BCUT2D eigenvalue weighted by Crippen LogP contribution is -2.61. The fourth-order valence-corrected chi connectivity index (χ4v) is 2.46. The maximum Gasteiger partial charge on any atom is 0.146 e. The third-order valence-electron chi connectivity index (χ3n) is 3.45. The van der Waals surface area contributed by atoms with Crippen molar-refractivity contribution in [1.82, 2.24) is 5.32 Å². The highest BCUT2D eigenvalue weighted by Crippen LogP contribution is 2.29. The van der Waals surface area contributed by atoms with Crippen molar-refractivity contribution in [2.75, 3.05) is 18.0 Å². The number of piperazine rings is 1. The summed E-state index contributed by atoms with van der Waals surface area (Å²) >= 11 is 0. The van der Waals surface area contributed by atoms with Crippen LogP contribution in [0, 0.1) is 12.7 Å². The van der Waals surface area contributed by atoms with Gasteiger partial charge in [0.1, 0.15) is 5.82 Å². The summed E-state index contributed by atoms with van der Waals surface area (Å²) < 4.78 is 14.0. The summed E-state index contributed by atoms with van der Waals surface area (Å²) in [6, 6.07) is 5.61. The Labute approximate surface area is 103 Å². The highest BCUT2D eigenvalue weighted by atomic mass is 19.1. The second kappa shape index (κ2) is 4.30. The standard InChI is InChI=1S/C14H21FN2/c1-10-6-5-7-12(15)13(10)17-9-14(3,4)16-8-11(17)2/h5-7,11,16H,8-9H2,1-4H3. The molecule has 1 aromatic rings. The van der Waals surface area contributed by atoms with Crippen LogP contribution in [-0.2, 0) is 0 Å². The quantitative estimate of drug-likeness (QED) is 0.806. The number of rotatable bonds is 1. The largest absolute Gasteiger partial charge is 0.363 e. The average molecular weight is 236 g/mol. The van der Waals surface area contributed by atoms with Gasteiger partial charge in [0.15, 0.2) is 0 Å². The zero-order valence-electron chi connectivity index (χ0n) is 11.0. The number of benzene rings is 1. The monoisotopic (exact) mass is 236 g/mol. The molecule has 0 aliphatic carbocycles. The van der Waals surface area contributed by atoms with E-state index < -0.39 is 0 Å². The van der Waals surface area contributed by atoms with E-state index >= 15 is 0 Å². The third-order valence-corrected chi connectivity index (χ3v) is 3.45. The molecule has 0 spiro atoms. The first-order valence-electron chi connectivity index (χ1n) is 6.17. The zero-order valence-corrected chi connectivity index (χ0v) is 11.0. The molecule has 0 amide bonds. The molecule has 3 heteroatoms. The summed E-state index contributed by atoms with van der Waals surface area (Å²) in [6.45, 7) is 10.1. The van der Waals surface area contributed by atoms with Crippen molar-refractivity contribution in [2.24, 2.45) is 0 Å². The lowest BCUT2D eigenvalue weighted by atomic mass is 9.97. The van der Waals surface area contributed by atoms with E-state index in [0.717, 1.165) is 24.3 Å². The highest BCUT2D eigenvalue weighted by Gasteiger charge is 2.32. The molecule has 94 valence electrons. The molecule has 1 aromatic carbocycles. The summed E-state index contributed by atoms with van der Waals surface area (Å²) in [5, 5.41) is 3.48. The molecular formula is C14H21FN2. The second-order valence-corrected chi connectivity index (χ2v) is 5.65. The van der Waals surface area contributed by atoms with Crippen LogP contribution in [0.3, 0.4) is 0 Å². The van der Waals surface area contributed by atoms with Gasteiger partial charge in [-0.3, -0.25) is 0 Å². The van der Waals surface area contributed by atoms with Gasteiger partial charge in [0.05, 0.1) is 5.69 Å². The number of halogens is 1. The summed E-state index contributed by atoms with van der Waals surface area (Å²) in [5.74, 6) is -0.116. The van der Waals surface area contributed by atoms with Crippen LogP contribution in [0.4, 0.5) is 10.1 Å². The van der Waals surface area contributed by atoms with Gasteiger partial charge in [0, 0.05) is 24.7 Å². The van der Waals surface area contributed by atoms with Crippen molar-refractivity contribution in [3.05, 3.63) is 29.6 Å². The van der Waals surface area contributed by atoms with E-state index in [4.69, 9.17) is 0 Å². The fraction of sp³-hybridized carbons (Fsp3) is 0.571. The number of para-hydroxylation sites is 1. The average Bonchev–Trinajstić information content (AvgIpc) is 2.23. The molecule has 1 aliphatic rings. The lowest BCUT2D eigenvalue weighted by Gasteiger charge is -2.45. The van der Waals surface area contributed by atoms with Crippen LogP contribution in [0.25, 0.3) is 0 Å². The molecule has 1 atom stereocenters. The van der Waals surface area contributed by atoms with E-state index in [1.807, 2.05) is 13.0 Å². The van der Waals surface area contributed by atoms with Gasteiger partial charge in [-0.15, -0.1) is 0 Å². The molecule has 0 saturated carbocycles. The van der Waals surface area contributed by atoms with Crippen molar-refractivity contribution in [3.63, 3.8) is 0 Å². The first kappa shape index (κ1) is 12.4. The summed E-state index contributed by atoms with van der Waals surface area (Å²) in [5.41, 5.74) is 1.80. The molecule has 17 heavy (non-hydrogen) atoms. The highest BCUT2D eigenvalue weighted by molar-refractivity contribution is 5.55. The molecule has 2 rings (SSSR count). The van der Waals surface area contributed by atoms with Crippen LogP contribution < -0.4 is 10.2 Å². The van der Waals surface area contributed by atoms with Crippen LogP contribution in [0.1, 0.15) is 26.3 Å². The van der Waals surface area contributed by atoms with Gasteiger partial charge in [-0.1, -0.05) is 12.1 Å². The Morgan fingerprint density at radius 3 is 2.76 bits per heavy atom. The van der Waals surface area contributed by atoms with E-state index in [1.54, 1.807) is 12.1 Å². The van der Waals surface area contributed by atoms with Gasteiger partial charge in [0.2, 0.25) is 0 Å². The minimum Gasteiger partial charge on any atom is -0.363 e. The van der Waals surface area contributed by atoms with Gasteiger partial charge < -0.3 is 10.2 Å². The number of anilines is 1. The maximum atomic E-state index is 14.0. The molecule has 1 heterocycles. The van der Waals surface area contributed by atoms with Gasteiger partial charge in [-0.2, -0.15) is 0 Å². The van der Waals surface area contributed by atoms with Crippen molar-refractivity contribution < 1.29 is 4.39 Å². The second-order valence-electron chi connectivity index (χ2n) is 5.65. The van der Waals surface area contributed by atoms with Crippen molar-refractivity contribution >= 4 is 5.69 Å². The Bertz CT molecular complexity index is 394. The molecule has 1 unspecified atom stereocenters. The normalized spacial score (nSPS) is 23.8. The van der Waals surface area contributed by atoms with E-state index in [0.29, 0.717) is 6.04 Å². The number of nitrogens with one attached hydrogen (secondary N) is 1. The number of hydrogen-bond acceptors (Lipinski definition) is 2. The minimum atomic E-state index is -0.116. The van der Waals surface area contributed by atoms with E-state index in [9.17, 15) is 4.39 Å². The van der Waals surface area contributed by atoms with Crippen LogP contribution in [0.2, 0.25) is 0 Å². The predicted molar refractivity (Wildman–Crippen MR) is 70.0 cm³/mol. The number of nitrogens with zero attached hydrogens (tertiary/aromatic N) is 1. The Hall–Kier alpha value is -1.09.